The molecule has 0 heterocycles. The molecule has 21 heavy (non-hydrogen) atoms. The van der Waals surface area contributed by atoms with Crippen LogP contribution in [0.3, 0.4) is 0 Å². The van der Waals surface area contributed by atoms with Crippen molar-refractivity contribution in [3.63, 3.8) is 0 Å². The van der Waals surface area contributed by atoms with E-state index in [9.17, 15) is 14.7 Å². The summed E-state index contributed by atoms with van der Waals surface area (Å²) in [6, 6.07) is 3.76. The summed E-state index contributed by atoms with van der Waals surface area (Å²) in [5, 5.41) is 11.7. The average Bonchev–Trinajstić information content (AvgIpc) is 2.50. The number of benzene rings is 1. The van der Waals surface area contributed by atoms with Gasteiger partial charge in [0, 0.05) is 5.56 Å². The Kier molecular flexibility index (Phi) is 6.02. The van der Waals surface area contributed by atoms with E-state index in [-0.39, 0.29) is 5.92 Å². The number of carbonyl (C=O) groups is 2. The van der Waals surface area contributed by atoms with Gasteiger partial charge in [-0.05, 0) is 24.1 Å². The van der Waals surface area contributed by atoms with Gasteiger partial charge in [-0.1, -0.05) is 20.3 Å². The van der Waals surface area contributed by atoms with Crippen molar-refractivity contribution in [2.24, 2.45) is 5.92 Å². The lowest BCUT2D eigenvalue weighted by molar-refractivity contribution is -0.140. The Morgan fingerprint density at radius 2 is 1.86 bits per heavy atom. The summed E-state index contributed by atoms with van der Waals surface area (Å²) < 4.78 is 10.2. The molecular formula is C15H21NO5. The third kappa shape index (κ3) is 4.11. The second-order valence-corrected chi connectivity index (χ2v) is 4.74. The largest absolute Gasteiger partial charge is 0.493 e. The van der Waals surface area contributed by atoms with E-state index in [1.165, 1.54) is 20.3 Å². The number of hydrogen-bond donors (Lipinski definition) is 2. The van der Waals surface area contributed by atoms with E-state index in [1.807, 2.05) is 6.92 Å². The lowest BCUT2D eigenvalue weighted by atomic mass is 9.99. The van der Waals surface area contributed by atoms with Crippen LogP contribution in [0.5, 0.6) is 11.5 Å². The minimum atomic E-state index is -1.04. The van der Waals surface area contributed by atoms with Gasteiger partial charge in [-0.15, -0.1) is 0 Å². The van der Waals surface area contributed by atoms with Crippen molar-refractivity contribution in [3.05, 3.63) is 23.8 Å². The molecule has 0 aromatic heterocycles. The van der Waals surface area contributed by atoms with Gasteiger partial charge in [-0.2, -0.15) is 0 Å². The van der Waals surface area contributed by atoms with Crippen LogP contribution in [-0.2, 0) is 4.79 Å². The summed E-state index contributed by atoms with van der Waals surface area (Å²) in [5.74, 6) is -0.736. The normalized spacial score (nSPS) is 13.1. The van der Waals surface area contributed by atoms with Gasteiger partial charge in [0.05, 0.1) is 14.2 Å². The molecule has 0 saturated carbocycles. The Bertz CT molecular complexity index is 515. The molecule has 0 aliphatic carbocycles. The molecule has 6 heteroatoms. The molecular weight excluding hydrogens is 274 g/mol. The van der Waals surface area contributed by atoms with Crippen molar-refractivity contribution >= 4 is 11.9 Å². The number of carboxylic acids is 1. The van der Waals surface area contributed by atoms with E-state index >= 15 is 0 Å². The SMILES string of the molecule is CC[C@H](C)[C@H](NC(=O)c1ccc(OC)c(OC)c1)C(=O)O. The highest BCUT2D eigenvalue weighted by Crippen LogP contribution is 2.27. The topological polar surface area (TPSA) is 84.9 Å². The van der Waals surface area contributed by atoms with Gasteiger partial charge >= 0.3 is 5.97 Å². The number of amides is 1. The number of rotatable bonds is 7. The lowest BCUT2D eigenvalue weighted by Crippen LogP contribution is -2.45. The first-order valence-corrected chi connectivity index (χ1v) is 6.70. The van der Waals surface area contributed by atoms with Crippen molar-refractivity contribution in [1.82, 2.24) is 5.32 Å². The van der Waals surface area contributed by atoms with Crippen LogP contribution in [0.4, 0.5) is 0 Å². The first kappa shape index (κ1) is 16.8. The van der Waals surface area contributed by atoms with Gasteiger partial charge in [0.1, 0.15) is 6.04 Å². The van der Waals surface area contributed by atoms with Crippen molar-refractivity contribution < 1.29 is 24.2 Å². The highest BCUT2D eigenvalue weighted by atomic mass is 16.5. The van der Waals surface area contributed by atoms with E-state index in [4.69, 9.17) is 9.47 Å². The Morgan fingerprint density at radius 1 is 1.24 bits per heavy atom. The molecule has 1 aromatic rings. The van der Waals surface area contributed by atoms with Gasteiger partial charge in [0.2, 0.25) is 0 Å². The molecule has 1 amide bonds. The summed E-state index contributed by atoms with van der Waals surface area (Å²) in [5.41, 5.74) is 0.321. The first-order chi connectivity index (χ1) is 9.94. The minimum Gasteiger partial charge on any atom is -0.493 e. The molecule has 1 aromatic carbocycles. The van der Waals surface area contributed by atoms with E-state index in [1.54, 1.807) is 19.1 Å². The van der Waals surface area contributed by atoms with Gasteiger partial charge < -0.3 is 19.9 Å². The fourth-order valence-corrected chi connectivity index (χ4v) is 1.89. The van der Waals surface area contributed by atoms with Crippen LogP contribution in [-0.4, -0.2) is 37.2 Å². The summed E-state index contributed by atoms with van der Waals surface area (Å²) >= 11 is 0. The number of carbonyl (C=O) groups excluding carboxylic acids is 1. The fourth-order valence-electron chi connectivity index (χ4n) is 1.89. The van der Waals surface area contributed by atoms with Crippen LogP contribution < -0.4 is 14.8 Å². The summed E-state index contributed by atoms with van der Waals surface area (Å²) in [7, 11) is 2.97. The number of methoxy groups -OCH3 is 2. The van der Waals surface area contributed by atoms with Crippen molar-refractivity contribution in [2.45, 2.75) is 26.3 Å². The molecule has 0 fully saturated rings. The number of carboxylic acid groups (broad SMARTS) is 1. The number of ether oxygens (including phenoxy) is 2. The molecule has 0 aliphatic heterocycles. The minimum absolute atomic E-state index is 0.161. The fraction of sp³-hybridized carbons (Fsp3) is 0.467. The van der Waals surface area contributed by atoms with E-state index < -0.39 is 17.9 Å². The second kappa shape index (κ2) is 7.52. The van der Waals surface area contributed by atoms with Crippen molar-refractivity contribution in [1.29, 1.82) is 0 Å². The van der Waals surface area contributed by atoms with Crippen LogP contribution in [0.1, 0.15) is 30.6 Å². The first-order valence-electron chi connectivity index (χ1n) is 6.70. The van der Waals surface area contributed by atoms with Crippen LogP contribution in [0, 0.1) is 5.92 Å². The molecule has 0 saturated heterocycles. The monoisotopic (exact) mass is 295 g/mol. The Morgan fingerprint density at radius 3 is 2.33 bits per heavy atom. The molecule has 1 rings (SSSR count). The predicted octanol–water partition coefficient (Wildman–Crippen LogP) is 1.93. The molecule has 0 spiro atoms. The molecule has 2 atom stereocenters. The summed E-state index contributed by atoms with van der Waals surface area (Å²) in [6.07, 6.45) is 0.656. The number of hydrogen-bond acceptors (Lipinski definition) is 4. The van der Waals surface area contributed by atoms with Gasteiger partial charge in [0.25, 0.3) is 5.91 Å². The third-order valence-corrected chi connectivity index (χ3v) is 3.41. The summed E-state index contributed by atoms with van der Waals surface area (Å²) in [6.45, 7) is 3.66. The predicted molar refractivity (Wildman–Crippen MR) is 77.9 cm³/mol. The Labute approximate surface area is 124 Å². The van der Waals surface area contributed by atoms with E-state index in [0.717, 1.165) is 0 Å². The molecule has 6 nitrogen and oxygen atoms in total. The highest BCUT2D eigenvalue weighted by Gasteiger charge is 2.26. The van der Waals surface area contributed by atoms with Crippen molar-refractivity contribution in [3.8, 4) is 11.5 Å². The maximum Gasteiger partial charge on any atom is 0.326 e. The van der Waals surface area contributed by atoms with E-state index in [2.05, 4.69) is 5.32 Å². The van der Waals surface area contributed by atoms with Gasteiger partial charge in [0.15, 0.2) is 11.5 Å². The van der Waals surface area contributed by atoms with Gasteiger partial charge in [-0.25, -0.2) is 4.79 Å². The maximum absolute atomic E-state index is 12.2. The standard InChI is InChI=1S/C15H21NO5/c1-5-9(2)13(15(18)19)16-14(17)10-6-7-11(20-3)12(8-10)21-4/h6-9,13H,5H2,1-4H3,(H,16,17)(H,18,19)/t9-,13-/m0/s1. The molecule has 0 radical (unpaired) electrons. The molecule has 2 N–H and O–H groups in total. The Hall–Kier alpha value is -2.24. The van der Waals surface area contributed by atoms with Gasteiger partial charge in [-0.3, -0.25) is 4.79 Å². The van der Waals surface area contributed by atoms with E-state index in [0.29, 0.717) is 23.5 Å². The second-order valence-electron chi connectivity index (χ2n) is 4.74. The lowest BCUT2D eigenvalue weighted by Gasteiger charge is -2.20. The number of nitrogens with one attached hydrogen (secondary N) is 1. The van der Waals surface area contributed by atoms with Crippen LogP contribution in [0.15, 0.2) is 18.2 Å². The smallest absolute Gasteiger partial charge is 0.326 e. The quantitative estimate of drug-likeness (QED) is 0.803. The zero-order chi connectivity index (χ0) is 16.0. The summed E-state index contributed by atoms with van der Waals surface area (Å²) in [4.78, 5) is 23.4. The van der Waals surface area contributed by atoms with Crippen LogP contribution in [0.2, 0.25) is 0 Å². The molecule has 0 aliphatic rings. The third-order valence-electron chi connectivity index (χ3n) is 3.41. The molecule has 0 bridgehead atoms. The van der Waals surface area contributed by atoms with Crippen LogP contribution >= 0.6 is 0 Å². The highest BCUT2D eigenvalue weighted by molar-refractivity contribution is 5.97. The van der Waals surface area contributed by atoms with Crippen molar-refractivity contribution in [2.75, 3.05) is 14.2 Å². The Balaban J connectivity index is 2.95. The maximum atomic E-state index is 12.2. The molecule has 116 valence electrons. The zero-order valence-corrected chi connectivity index (χ0v) is 12.7. The zero-order valence-electron chi connectivity index (χ0n) is 12.7. The average molecular weight is 295 g/mol. The number of aliphatic carboxylic acids is 1. The molecule has 0 unspecified atom stereocenters. The van der Waals surface area contributed by atoms with Crippen LogP contribution in [0.25, 0.3) is 0 Å².